The minimum atomic E-state index is 0.529. The molecule has 4 heterocycles. The Morgan fingerprint density at radius 2 is 2.03 bits per heavy atom. The standard InChI is InChI=1S/C23H22N6O3S/c30-16-25-18-5-2-17(3-6-18)4-7-19-15-29-21-22(33-23(29)26-19)27-20(14-24-21)32-11-1-8-28-9-12-31-13-10-28/h2-3,5-6,14-16H,1,8-13H2,(H,25,30). The van der Waals surface area contributed by atoms with E-state index in [1.165, 1.54) is 11.3 Å². The van der Waals surface area contributed by atoms with Gasteiger partial charge in [-0.3, -0.25) is 14.1 Å². The largest absolute Gasteiger partial charge is 0.476 e. The molecule has 1 aliphatic heterocycles. The Balaban J connectivity index is 1.23. The van der Waals surface area contributed by atoms with Crippen LogP contribution in [-0.4, -0.2) is 70.1 Å². The van der Waals surface area contributed by atoms with E-state index in [4.69, 9.17) is 9.47 Å². The summed E-state index contributed by atoms with van der Waals surface area (Å²) in [6.45, 7) is 5.19. The number of carbonyl (C=O) groups excluding carboxylic acids is 1. The first kappa shape index (κ1) is 21.3. The number of benzene rings is 1. The second kappa shape index (κ2) is 9.95. The summed E-state index contributed by atoms with van der Waals surface area (Å²) in [5, 5.41) is 2.60. The number of fused-ring (bicyclic) bond motifs is 3. The minimum Gasteiger partial charge on any atom is -0.476 e. The van der Waals surface area contributed by atoms with Crippen molar-refractivity contribution in [2.24, 2.45) is 0 Å². The van der Waals surface area contributed by atoms with Crippen LogP contribution >= 0.6 is 11.3 Å². The van der Waals surface area contributed by atoms with Crippen LogP contribution in [0.1, 0.15) is 17.7 Å². The Morgan fingerprint density at radius 1 is 1.18 bits per heavy atom. The van der Waals surface area contributed by atoms with Gasteiger partial charge in [0.15, 0.2) is 15.4 Å². The Hall–Kier alpha value is -3.52. The number of hydrogen-bond donors (Lipinski definition) is 1. The molecule has 0 radical (unpaired) electrons. The van der Waals surface area contributed by atoms with Gasteiger partial charge in [-0.15, -0.1) is 0 Å². The van der Waals surface area contributed by atoms with Crippen molar-refractivity contribution in [3.05, 3.63) is 47.9 Å². The molecule has 10 heteroatoms. The predicted octanol–water partition coefficient (Wildman–Crippen LogP) is 2.41. The van der Waals surface area contributed by atoms with Gasteiger partial charge < -0.3 is 14.8 Å². The van der Waals surface area contributed by atoms with Gasteiger partial charge in [0.2, 0.25) is 12.3 Å². The Kier molecular flexibility index (Phi) is 6.44. The molecule has 0 bridgehead atoms. The lowest BCUT2D eigenvalue weighted by atomic mass is 10.2. The molecule has 1 fully saturated rings. The smallest absolute Gasteiger partial charge is 0.233 e. The third kappa shape index (κ3) is 5.12. The molecule has 1 aromatic carbocycles. The maximum atomic E-state index is 10.5. The van der Waals surface area contributed by atoms with E-state index in [1.54, 1.807) is 18.3 Å². The summed E-state index contributed by atoms with van der Waals surface area (Å²) in [6.07, 6.45) is 5.10. The van der Waals surface area contributed by atoms with E-state index in [1.807, 2.05) is 22.7 Å². The average molecular weight is 463 g/mol. The summed E-state index contributed by atoms with van der Waals surface area (Å²) in [5.41, 5.74) is 2.95. The van der Waals surface area contributed by atoms with Crippen LogP contribution in [0.25, 0.3) is 15.4 Å². The molecule has 3 aromatic heterocycles. The lowest BCUT2D eigenvalue weighted by molar-refractivity contribution is -0.105. The number of nitrogens with one attached hydrogen (secondary N) is 1. The number of amides is 1. The fourth-order valence-corrected chi connectivity index (χ4v) is 4.46. The number of imidazole rings is 1. The highest BCUT2D eigenvalue weighted by Crippen LogP contribution is 2.25. The van der Waals surface area contributed by atoms with Crippen molar-refractivity contribution in [2.75, 3.05) is 44.8 Å². The summed E-state index contributed by atoms with van der Waals surface area (Å²) in [5.74, 6) is 6.69. The van der Waals surface area contributed by atoms with E-state index in [0.29, 0.717) is 24.6 Å². The molecule has 0 spiro atoms. The zero-order valence-electron chi connectivity index (χ0n) is 17.9. The van der Waals surface area contributed by atoms with Crippen molar-refractivity contribution in [3.8, 4) is 17.7 Å². The van der Waals surface area contributed by atoms with Crippen LogP contribution in [0.4, 0.5) is 5.69 Å². The van der Waals surface area contributed by atoms with E-state index >= 15 is 0 Å². The van der Waals surface area contributed by atoms with Gasteiger partial charge in [0.25, 0.3) is 0 Å². The number of nitrogens with zero attached hydrogens (tertiary/aromatic N) is 5. The molecule has 1 aliphatic rings. The van der Waals surface area contributed by atoms with Gasteiger partial charge in [0.05, 0.1) is 26.0 Å². The highest BCUT2D eigenvalue weighted by Gasteiger charge is 2.12. The summed E-state index contributed by atoms with van der Waals surface area (Å²) in [4.78, 5) is 28.1. The van der Waals surface area contributed by atoms with Crippen LogP contribution in [0.15, 0.2) is 36.7 Å². The molecule has 0 atom stereocenters. The Labute approximate surface area is 194 Å². The number of anilines is 1. The van der Waals surface area contributed by atoms with Gasteiger partial charge in [-0.25, -0.2) is 9.97 Å². The number of morpholine rings is 1. The molecule has 1 amide bonds. The van der Waals surface area contributed by atoms with Crippen LogP contribution in [0.3, 0.4) is 0 Å². The molecule has 5 rings (SSSR count). The maximum Gasteiger partial charge on any atom is 0.233 e. The average Bonchev–Trinajstić information content (AvgIpc) is 3.39. The first-order valence-corrected chi connectivity index (χ1v) is 11.5. The first-order valence-electron chi connectivity index (χ1n) is 10.7. The number of thiazole rings is 1. The van der Waals surface area contributed by atoms with Crippen LogP contribution in [0, 0.1) is 11.8 Å². The zero-order chi connectivity index (χ0) is 22.5. The van der Waals surface area contributed by atoms with E-state index in [2.05, 4.69) is 37.0 Å². The lowest BCUT2D eigenvalue weighted by Gasteiger charge is -2.26. The molecule has 168 valence electrons. The van der Waals surface area contributed by atoms with Gasteiger partial charge in [0, 0.05) is 37.1 Å². The van der Waals surface area contributed by atoms with Gasteiger partial charge in [0.1, 0.15) is 5.69 Å². The van der Waals surface area contributed by atoms with Crippen molar-refractivity contribution in [3.63, 3.8) is 0 Å². The third-order valence-corrected chi connectivity index (χ3v) is 6.15. The molecule has 4 aromatic rings. The summed E-state index contributed by atoms with van der Waals surface area (Å²) < 4.78 is 13.1. The summed E-state index contributed by atoms with van der Waals surface area (Å²) in [6, 6.07) is 7.30. The molecule has 1 saturated heterocycles. The first-order chi connectivity index (χ1) is 16.3. The van der Waals surface area contributed by atoms with Gasteiger partial charge in [-0.05, 0) is 36.6 Å². The predicted molar refractivity (Wildman–Crippen MR) is 126 cm³/mol. The molecular formula is C23H22N6O3S. The number of ether oxygens (including phenoxy) is 2. The van der Waals surface area contributed by atoms with E-state index < -0.39 is 0 Å². The third-order valence-electron chi connectivity index (χ3n) is 5.21. The fraction of sp³-hybridized carbons (Fsp3) is 0.304. The van der Waals surface area contributed by atoms with Crippen molar-refractivity contribution < 1.29 is 14.3 Å². The van der Waals surface area contributed by atoms with E-state index in [9.17, 15) is 4.79 Å². The highest BCUT2D eigenvalue weighted by molar-refractivity contribution is 7.23. The molecule has 1 N–H and O–H groups in total. The van der Waals surface area contributed by atoms with Gasteiger partial charge in [-0.2, -0.15) is 4.98 Å². The molecule has 0 aliphatic carbocycles. The van der Waals surface area contributed by atoms with E-state index in [0.717, 1.165) is 66.0 Å². The molecule has 9 nitrogen and oxygen atoms in total. The normalized spacial score (nSPS) is 14.2. The van der Waals surface area contributed by atoms with Crippen LogP contribution in [0.2, 0.25) is 0 Å². The van der Waals surface area contributed by atoms with Crippen molar-refractivity contribution in [1.29, 1.82) is 0 Å². The number of carbonyl (C=O) groups is 1. The topological polar surface area (TPSA) is 93.9 Å². The Morgan fingerprint density at radius 3 is 2.85 bits per heavy atom. The van der Waals surface area contributed by atoms with Gasteiger partial charge in [-0.1, -0.05) is 17.3 Å². The van der Waals surface area contributed by atoms with Gasteiger partial charge >= 0.3 is 0 Å². The van der Waals surface area contributed by atoms with Crippen molar-refractivity contribution in [1.82, 2.24) is 24.3 Å². The van der Waals surface area contributed by atoms with Crippen LogP contribution in [0.5, 0.6) is 5.88 Å². The van der Waals surface area contributed by atoms with Crippen molar-refractivity contribution >= 4 is 38.9 Å². The SMILES string of the molecule is O=CNc1ccc(C#Cc2cn3c(n2)sc2nc(OCCCN4CCOCC4)cnc23)cc1. The van der Waals surface area contributed by atoms with E-state index in [-0.39, 0.29) is 0 Å². The molecule has 0 unspecified atom stereocenters. The monoisotopic (exact) mass is 462 g/mol. The number of aromatic nitrogens is 4. The second-order valence-electron chi connectivity index (χ2n) is 7.46. The zero-order valence-corrected chi connectivity index (χ0v) is 18.7. The molecule has 33 heavy (non-hydrogen) atoms. The molecular weight excluding hydrogens is 440 g/mol. The van der Waals surface area contributed by atoms with Crippen LogP contribution in [-0.2, 0) is 9.53 Å². The second-order valence-corrected chi connectivity index (χ2v) is 8.42. The maximum absolute atomic E-state index is 10.5. The lowest BCUT2D eigenvalue weighted by Crippen LogP contribution is -2.37. The number of rotatable bonds is 7. The quantitative estimate of drug-likeness (QED) is 0.256. The fourth-order valence-electron chi connectivity index (χ4n) is 3.53. The van der Waals surface area contributed by atoms with Crippen LogP contribution < -0.4 is 10.1 Å². The minimum absolute atomic E-state index is 0.529. The summed E-state index contributed by atoms with van der Waals surface area (Å²) >= 11 is 1.45. The Bertz CT molecular complexity index is 1320. The summed E-state index contributed by atoms with van der Waals surface area (Å²) in [7, 11) is 0. The molecule has 0 saturated carbocycles. The van der Waals surface area contributed by atoms with Crippen molar-refractivity contribution in [2.45, 2.75) is 6.42 Å². The number of hydrogen-bond acceptors (Lipinski definition) is 8. The highest BCUT2D eigenvalue weighted by atomic mass is 32.1.